The lowest BCUT2D eigenvalue weighted by atomic mass is 10.2. The number of hydrogen-bond acceptors (Lipinski definition) is 3. The van der Waals surface area contributed by atoms with Crippen LogP contribution in [0.3, 0.4) is 0 Å². The normalized spacial score (nSPS) is 23.8. The largest absolute Gasteiger partial charge is 0.490 e. The van der Waals surface area contributed by atoms with Crippen LogP contribution in [0.25, 0.3) is 0 Å². The van der Waals surface area contributed by atoms with Crippen molar-refractivity contribution >= 4 is 17.7 Å². The highest BCUT2D eigenvalue weighted by molar-refractivity contribution is 6.30. The van der Waals surface area contributed by atoms with Gasteiger partial charge in [-0.25, -0.2) is 9.79 Å². The summed E-state index contributed by atoms with van der Waals surface area (Å²) >= 11 is 5.86. The van der Waals surface area contributed by atoms with E-state index in [4.69, 9.17) is 16.3 Å². The van der Waals surface area contributed by atoms with Crippen molar-refractivity contribution in [1.29, 1.82) is 0 Å². The highest BCUT2D eigenvalue weighted by Gasteiger charge is 2.25. The van der Waals surface area contributed by atoms with Gasteiger partial charge in [-0.05, 0) is 31.0 Å². The maximum atomic E-state index is 10.1. The molecule has 1 aliphatic rings. The van der Waals surface area contributed by atoms with Crippen LogP contribution in [-0.2, 0) is 4.79 Å². The van der Waals surface area contributed by atoms with Gasteiger partial charge in [-0.15, -0.1) is 0 Å². The van der Waals surface area contributed by atoms with Crippen molar-refractivity contribution in [2.45, 2.75) is 31.4 Å². The predicted molar refractivity (Wildman–Crippen MR) is 61.6 cm³/mol. The number of rotatable bonds is 3. The molecule has 2 atom stereocenters. The fourth-order valence-electron chi connectivity index (χ4n) is 1.95. The smallest absolute Gasteiger partial charge is 0.235 e. The molecule has 0 saturated heterocycles. The molecule has 4 heteroatoms. The number of aliphatic imine (C=N–C) groups is 1. The molecule has 3 nitrogen and oxygen atoms in total. The first kappa shape index (κ1) is 11.2. The molecular formula is C12H12ClNO2. The van der Waals surface area contributed by atoms with E-state index in [0.29, 0.717) is 5.02 Å². The lowest BCUT2D eigenvalue weighted by Crippen LogP contribution is -2.12. The molecule has 0 heterocycles. The van der Waals surface area contributed by atoms with E-state index in [1.165, 1.54) is 0 Å². The fraction of sp³-hybridized carbons (Fsp3) is 0.417. The van der Waals surface area contributed by atoms with Crippen molar-refractivity contribution in [3.63, 3.8) is 0 Å². The van der Waals surface area contributed by atoms with Gasteiger partial charge < -0.3 is 4.74 Å². The van der Waals surface area contributed by atoms with Crippen molar-refractivity contribution in [3.05, 3.63) is 29.3 Å². The van der Waals surface area contributed by atoms with E-state index >= 15 is 0 Å². The standard InChI is InChI=1S/C12H12ClNO2/c13-9-2-1-3-11(6-9)16-12-5-4-10(7-12)14-8-15/h1-3,6,10,12H,4-5,7H2. The van der Waals surface area contributed by atoms with E-state index in [2.05, 4.69) is 4.99 Å². The molecule has 0 radical (unpaired) electrons. The number of hydrogen-bond donors (Lipinski definition) is 0. The van der Waals surface area contributed by atoms with Gasteiger partial charge in [0.25, 0.3) is 0 Å². The molecular weight excluding hydrogens is 226 g/mol. The first-order valence-corrected chi connectivity index (χ1v) is 5.65. The summed E-state index contributed by atoms with van der Waals surface area (Å²) in [6, 6.07) is 7.40. The first-order chi connectivity index (χ1) is 7.78. The highest BCUT2D eigenvalue weighted by Crippen LogP contribution is 2.27. The molecule has 1 fully saturated rings. The summed E-state index contributed by atoms with van der Waals surface area (Å²) < 4.78 is 5.76. The summed E-state index contributed by atoms with van der Waals surface area (Å²) in [4.78, 5) is 13.8. The Morgan fingerprint density at radius 3 is 3.06 bits per heavy atom. The monoisotopic (exact) mass is 237 g/mol. The third-order valence-electron chi connectivity index (χ3n) is 2.69. The third kappa shape index (κ3) is 2.84. The van der Waals surface area contributed by atoms with Crippen molar-refractivity contribution in [1.82, 2.24) is 0 Å². The van der Waals surface area contributed by atoms with Gasteiger partial charge in [0.05, 0.1) is 6.04 Å². The average Bonchev–Trinajstić information content (AvgIpc) is 2.66. The fourth-order valence-corrected chi connectivity index (χ4v) is 2.13. The lowest BCUT2D eigenvalue weighted by molar-refractivity contribution is 0.208. The number of isocyanates is 1. The van der Waals surface area contributed by atoms with Gasteiger partial charge in [0.1, 0.15) is 11.9 Å². The first-order valence-electron chi connectivity index (χ1n) is 5.27. The molecule has 0 aromatic heterocycles. The maximum Gasteiger partial charge on any atom is 0.235 e. The van der Waals surface area contributed by atoms with Crippen LogP contribution in [0.2, 0.25) is 5.02 Å². The summed E-state index contributed by atoms with van der Waals surface area (Å²) in [5, 5.41) is 0.665. The van der Waals surface area contributed by atoms with Crippen LogP contribution < -0.4 is 4.74 Å². The van der Waals surface area contributed by atoms with E-state index in [1.807, 2.05) is 18.2 Å². The molecule has 2 unspecified atom stereocenters. The van der Waals surface area contributed by atoms with Crippen molar-refractivity contribution in [3.8, 4) is 5.75 Å². The minimum absolute atomic E-state index is 0.0710. The zero-order valence-corrected chi connectivity index (χ0v) is 9.48. The quantitative estimate of drug-likeness (QED) is 0.599. The predicted octanol–water partition coefficient (Wildman–Crippen LogP) is 2.98. The number of nitrogens with zero attached hydrogens (tertiary/aromatic N) is 1. The molecule has 0 N–H and O–H groups in total. The molecule has 0 aliphatic heterocycles. The SMILES string of the molecule is O=C=NC1CCC(Oc2cccc(Cl)c2)C1. The summed E-state index contributed by atoms with van der Waals surface area (Å²) in [6.07, 6.45) is 4.31. The summed E-state index contributed by atoms with van der Waals surface area (Å²) in [7, 11) is 0. The Hall–Kier alpha value is -1.31. The van der Waals surface area contributed by atoms with Gasteiger partial charge in [-0.1, -0.05) is 17.7 Å². The Labute approximate surface area is 99.1 Å². The van der Waals surface area contributed by atoms with E-state index in [0.717, 1.165) is 25.0 Å². The van der Waals surface area contributed by atoms with Gasteiger partial charge in [0, 0.05) is 11.4 Å². The number of benzene rings is 1. The molecule has 0 spiro atoms. The van der Waals surface area contributed by atoms with Gasteiger partial charge >= 0.3 is 0 Å². The van der Waals surface area contributed by atoms with E-state index < -0.39 is 0 Å². The number of ether oxygens (including phenoxy) is 1. The zero-order chi connectivity index (χ0) is 11.4. The third-order valence-corrected chi connectivity index (χ3v) is 2.93. The molecule has 2 rings (SSSR count). The van der Waals surface area contributed by atoms with Gasteiger partial charge in [0.15, 0.2) is 0 Å². The molecule has 1 aliphatic carbocycles. The van der Waals surface area contributed by atoms with Crippen LogP contribution in [0.4, 0.5) is 0 Å². The second kappa shape index (κ2) is 5.15. The van der Waals surface area contributed by atoms with Gasteiger partial charge in [-0.2, -0.15) is 0 Å². The van der Waals surface area contributed by atoms with E-state index in [1.54, 1.807) is 12.1 Å². The lowest BCUT2D eigenvalue weighted by Gasteiger charge is -2.13. The van der Waals surface area contributed by atoms with Crippen LogP contribution in [0.5, 0.6) is 5.75 Å². The van der Waals surface area contributed by atoms with Gasteiger partial charge in [0.2, 0.25) is 6.08 Å². The topological polar surface area (TPSA) is 38.7 Å². The highest BCUT2D eigenvalue weighted by atomic mass is 35.5. The van der Waals surface area contributed by atoms with E-state index in [9.17, 15) is 4.79 Å². The molecule has 0 bridgehead atoms. The summed E-state index contributed by atoms with van der Waals surface area (Å²) in [6.45, 7) is 0. The van der Waals surface area contributed by atoms with Crippen molar-refractivity contribution < 1.29 is 9.53 Å². The Morgan fingerprint density at radius 1 is 1.44 bits per heavy atom. The van der Waals surface area contributed by atoms with Crippen LogP contribution in [0.15, 0.2) is 29.3 Å². The summed E-state index contributed by atoms with van der Waals surface area (Å²) in [5.74, 6) is 0.772. The van der Waals surface area contributed by atoms with Crippen LogP contribution in [0.1, 0.15) is 19.3 Å². The molecule has 0 amide bonds. The average molecular weight is 238 g/mol. The van der Waals surface area contributed by atoms with E-state index in [-0.39, 0.29) is 12.1 Å². The Morgan fingerprint density at radius 2 is 2.31 bits per heavy atom. The second-order valence-corrected chi connectivity index (χ2v) is 4.32. The molecule has 1 aromatic carbocycles. The van der Waals surface area contributed by atoms with Crippen LogP contribution in [0, 0.1) is 0 Å². The Bertz CT molecular complexity index is 415. The molecule has 1 aromatic rings. The zero-order valence-electron chi connectivity index (χ0n) is 8.73. The second-order valence-electron chi connectivity index (χ2n) is 3.88. The Kier molecular flexibility index (Phi) is 3.60. The number of carbonyl (C=O) groups excluding carboxylic acids is 1. The number of halogens is 1. The minimum atomic E-state index is 0.0710. The molecule has 84 valence electrons. The van der Waals surface area contributed by atoms with Crippen LogP contribution >= 0.6 is 11.6 Å². The van der Waals surface area contributed by atoms with Crippen molar-refractivity contribution in [2.24, 2.45) is 4.99 Å². The van der Waals surface area contributed by atoms with Gasteiger partial charge in [-0.3, -0.25) is 0 Å². The summed E-state index contributed by atoms with van der Waals surface area (Å²) in [5.41, 5.74) is 0. The Balaban J connectivity index is 1.94. The minimum Gasteiger partial charge on any atom is -0.490 e. The molecule has 1 saturated carbocycles. The maximum absolute atomic E-state index is 10.1. The molecule has 16 heavy (non-hydrogen) atoms. The van der Waals surface area contributed by atoms with Crippen molar-refractivity contribution in [2.75, 3.05) is 0 Å². The van der Waals surface area contributed by atoms with Crippen LogP contribution in [-0.4, -0.2) is 18.2 Å².